The smallest absolute Gasteiger partial charge is 0.230 e. The molecule has 0 aromatic carbocycles. The van der Waals surface area contributed by atoms with Crippen LogP contribution in [0.5, 0.6) is 0 Å². The normalized spacial score (nSPS) is 28.5. The number of hydrogen-bond donors (Lipinski definition) is 1. The van der Waals surface area contributed by atoms with Crippen LogP contribution in [0, 0.1) is 16.7 Å². The van der Waals surface area contributed by atoms with E-state index in [9.17, 15) is 4.79 Å². The lowest BCUT2D eigenvalue weighted by molar-refractivity contribution is -0.142. The lowest BCUT2D eigenvalue weighted by atomic mass is 9.81. The summed E-state index contributed by atoms with van der Waals surface area (Å²) in [5.74, 6) is 0.252. The van der Waals surface area contributed by atoms with E-state index in [1.807, 2.05) is 4.90 Å². The van der Waals surface area contributed by atoms with Crippen LogP contribution in [0.2, 0.25) is 0 Å². The molecule has 94 valence electrons. The van der Waals surface area contributed by atoms with Crippen LogP contribution in [0.4, 0.5) is 0 Å². The Labute approximate surface area is 103 Å². The number of carbonyl (C=O) groups excluding carboxylic acids is 1. The van der Waals surface area contributed by atoms with Gasteiger partial charge in [-0.15, -0.1) is 0 Å². The molecule has 0 aromatic rings. The van der Waals surface area contributed by atoms with Crippen LogP contribution in [0.1, 0.15) is 39.0 Å². The largest absolute Gasteiger partial charge is 0.338 e. The van der Waals surface area contributed by atoms with Gasteiger partial charge >= 0.3 is 0 Å². The van der Waals surface area contributed by atoms with Crippen molar-refractivity contribution in [3.05, 3.63) is 0 Å². The average molecular weight is 235 g/mol. The van der Waals surface area contributed by atoms with E-state index in [1.165, 1.54) is 0 Å². The molecule has 1 atom stereocenters. The van der Waals surface area contributed by atoms with Gasteiger partial charge in [0.05, 0.1) is 17.9 Å². The number of nitrogens with one attached hydrogen (secondary N) is 1. The van der Waals surface area contributed by atoms with E-state index in [1.54, 1.807) is 0 Å². The van der Waals surface area contributed by atoms with Crippen molar-refractivity contribution in [2.75, 3.05) is 19.6 Å². The first-order chi connectivity index (χ1) is 8.17. The Morgan fingerprint density at radius 2 is 2.35 bits per heavy atom. The highest BCUT2D eigenvalue weighted by Gasteiger charge is 2.42. The molecule has 4 nitrogen and oxygen atoms in total. The summed E-state index contributed by atoms with van der Waals surface area (Å²) >= 11 is 0. The van der Waals surface area contributed by atoms with Gasteiger partial charge in [0, 0.05) is 19.1 Å². The summed E-state index contributed by atoms with van der Waals surface area (Å²) < 4.78 is 0. The van der Waals surface area contributed by atoms with E-state index >= 15 is 0 Å². The summed E-state index contributed by atoms with van der Waals surface area (Å²) in [7, 11) is 0. The molecule has 1 amide bonds. The number of nitriles is 1. The van der Waals surface area contributed by atoms with Crippen LogP contribution in [-0.2, 0) is 4.79 Å². The molecule has 1 saturated carbocycles. The molecular weight excluding hydrogens is 214 g/mol. The van der Waals surface area contributed by atoms with E-state index in [0.717, 1.165) is 38.8 Å². The molecule has 0 aromatic heterocycles. The van der Waals surface area contributed by atoms with Crippen molar-refractivity contribution in [1.29, 1.82) is 5.26 Å². The molecule has 1 unspecified atom stereocenters. The molecule has 0 radical (unpaired) electrons. The molecular formula is C13H21N3O. The summed E-state index contributed by atoms with van der Waals surface area (Å²) in [6.45, 7) is 4.46. The van der Waals surface area contributed by atoms with Crippen molar-refractivity contribution in [1.82, 2.24) is 10.2 Å². The number of hydrogen-bond acceptors (Lipinski definition) is 3. The minimum absolute atomic E-state index is 0.252. The van der Waals surface area contributed by atoms with E-state index in [2.05, 4.69) is 18.3 Å². The fraction of sp³-hybridized carbons (Fsp3) is 0.846. The van der Waals surface area contributed by atoms with E-state index < -0.39 is 0 Å². The fourth-order valence-electron chi connectivity index (χ4n) is 2.59. The summed E-state index contributed by atoms with van der Waals surface area (Å²) in [5, 5.41) is 12.0. The molecule has 1 aliphatic heterocycles. The van der Waals surface area contributed by atoms with Gasteiger partial charge in [-0.25, -0.2) is 0 Å². The van der Waals surface area contributed by atoms with E-state index in [0.29, 0.717) is 19.0 Å². The fourth-order valence-corrected chi connectivity index (χ4v) is 2.59. The van der Waals surface area contributed by atoms with Gasteiger partial charge in [0.2, 0.25) is 5.91 Å². The van der Waals surface area contributed by atoms with Gasteiger partial charge in [-0.2, -0.15) is 5.26 Å². The molecule has 2 fully saturated rings. The van der Waals surface area contributed by atoms with E-state index in [4.69, 9.17) is 5.26 Å². The zero-order chi connectivity index (χ0) is 12.3. The topological polar surface area (TPSA) is 56.1 Å². The molecule has 0 bridgehead atoms. The zero-order valence-corrected chi connectivity index (χ0v) is 10.5. The number of nitrogens with zero attached hydrogens (tertiary/aromatic N) is 2. The Hall–Kier alpha value is -1.08. The first-order valence-corrected chi connectivity index (χ1v) is 6.56. The maximum atomic E-state index is 12.6. The highest BCUT2D eigenvalue weighted by Crippen LogP contribution is 2.34. The Bertz CT molecular complexity index is 324. The monoisotopic (exact) mass is 235 g/mol. The second kappa shape index (κ2) is 5.05. The molecule has 1 N–H and O–H groups in total. The van der Waals surface area contributed by atoms with Crippen LogP contribution in [0.25, 0.3) is 0 Å². The van der Waals surface area contributed by atoms with Gasteiger partial charge in [0.1, 0.15) is 0 Å². The Balaban J connectivity index is 2.01. The number of piperidine rings is 1. The highest BCUT2D eigenvalue weighted by atomic mass is 16.2. The molecule has 1 aliphatic carbocycles. The molecule has 1 saturated heterocycles. The van der Waals surface area contributed by atoms with Gasteiger partial charge in [-0.1, -0.05) is 0 Å². The molecule has 4 heteroatoms. The van der Waals surface area contributed by atoms with Crippen molar-refractivity contribution in [2.45, 2.75) is 45.1 Å². The molecule has 1 heterocycles. The van der Waals surface area contributed by atoms with Crippen molar-refractivity contribution in [2.24, 2.45) is 5.41 Å². The zero-order valence-electron chi connectivity index (χ0n) is 10.5. The molecule has 2 aliphatic rings. The van der Waals surface area contributed by atoms with Gasteiger partial charge in [0.15, 0.2) is 0 Å². The average Bonchev–Trinajstić information content (AvgIpc) is 3.15. The first-order valence-electron chi connectivity index (χ1n) is 6.56. The summed E-state index contributed by atoms with van der Waals surface area (Å²) in [6.07, 6.45) is 4.71. The maximum Gasteiger partial charge on any atom is 0.230 e. The van der Waals surface area contributed by atoms with Crippen LogP contribution >= 0.6 is 0 Å². The van der Waals surface area contributed by atoms with Crippen LogP contribution in [-0.4, -0.2) is 36.5 Å². The van der Waals surface area contributed by atoms with Crippen molar-refractivity contribution in [3.8, 4) is 6.07 Å². The van der Waals surface area contributed by atoms with Crippen molar-refractivity contribution < 1.29 is 4.79 Å². The number of amides is 1. The third-order valence-corrected chi connectivity index (χ3v) is 3.83. The minimum Gasteiger partial charge on any atom is -0.338 e. The third-order valence-electron chi connectivity index (χ3n) is 3.83. The highest BCUT2D eigenvalue weighted by molar-refractivity contribution is 5.83. The third kappa shape index (κ3) is 2.78. The van der Waals surface area contributed by atoms with Crippen molar-refractivity contribution >= 4 is 5.91 Å². The molecule has 17 heavy (non-hydrogen) atoms. The number of rotatable bonds is 4. The first kappa shape index (κ1) is 12.4. The predicted octanol–water partition coefficient (Wildman–Crippen LogP) is 1.28. The van der Waals surface area contributed by atoms with Gasteiger partial charge in [0.25, 0.3) is 0 Å². The SMILES string of the molecule is CC1(C(=O)N(CCC#N)C2CC2)CCCNC1. The predicted molar refractivity (Wildman–Crippen MR) is 65.2 cm³/mol. The van der Waals surface area contributed by atoms with Crippen LogP contribution in [0.3, 0.4) is 0 Å². The summed E-state index contributed by atoms with van der Waals surface area (Å²) in [6, 6.07) is 2.55. The van der Waals surface area contributed by atoms with Gasteiger partial charge in [-0.05, 0) is 39.2 Å². The lowest BCUT2D eigenvalue weighted by Crippen LogP contribution is -2.51. The molecule has 0 spiro atoms. The van der Waals surface area contributed by atoms with Crippen molar-refractivity contribution in [3.63, 3.8) is 0 Å². The lowest BCUT2D eigenvalue weighted by Gasteiger charge is -2.37. The Morgan fingerprint density at radius 1 is 1.59 bits per heavy atom. The van der Waals surface area contributed by atoms with Crippen LogP contribution < -0.4 is 5.32 Å². The van der Waals surface area contributed by atoms with Crippen LogP contribution in [0.15, 0.2) is 0 Å². The standard InChI is InChI=1S/C13H21N3O/c1-13(6-2-8-15-10-13)12(17)16(9-3-7-14)11-4-5-11/h11,15H,2-6,8-10H2,1H3. The Morgan fingerprint density at radius 3 is 2.88 bits per heavy atom. The summed E-state index contributed by atoms with van der Waals surface area (Å²) in [5.41, 5.74) is -0.254. The maximum absolute atomic E-state index is 12.6. The Kier molecular flexibility index (Phi) is 3.68. The minimum atomic E-state index is -0.254. The quantitative estimate of drug-likeness (QED) is 0.798. The second-order valence-corrected chi connectivity index (χ2v) is 5.48. The van der Waals surface area contributed by atoms with E-state index in [-0.39, 0.29) is 11.3 Å². The summed E-state index contributed by atoms with van der Waals surface area (Å²) in [4.78, 5) is 14.5. The molecule has 2 rings (SSSR count). The number of carbonyl (C=O) groups is 1. The van der Waals surface area contributed by atoms with Gasteiger partial charge < -0.3 is 10.2 Å². The second-order valence-electron chi connectivity index (χ2n) is 5.48. The van der Waals surface area contributed by atoms with Gasteiger partial charge in [-0.3, -0.25) is 4.79 Å².